The minimum absolute atomic E-state index is 0. The monoisotopic (exact) mass is 165 g/mol. The van der Waals surface area contributed by atoms with Gasteiger partial charge in [-0.15, -0.1) is 0 Å². The van der Waals surface area contributed by atoms with Gasteiger partial charge in [-0.3, -0.25) is 0 Å². The van der Waals surface area contributed by atoms with Crippen molar-refractivity contribution in [2.45, 2.75) is 13.3 Å². The molecule has 0 aliphatic heterocycles. The summed E-state index contributed by atoms with van der Waals surface area (Å²) >= 11 is 0. The molecule has 55 valence electrons. The van der Waals surface area contributed by atoms with E-state index >= 15 is 0 Å². The van der Waals surface area contributed by atoms with E-state index in [9.17, 15) is 0 Å². The average molecular weight is 166 g/mol. The second-order valence-electron chi connectivity index (χ2n) is 1.54. The third-order valence-electron chi connectivity index (χ3n) is 0.748. The van der Waals surface area contributed by atoms with Crippen LogP contribution >= 0.6 is 0 Å². The molecule has 3 N–H and O–H groups in total. The van der Waals surface area contributed by atoms with E-state index in [0.29, 0.717) is 0 Å². The fourth-order valence-corrected chi connectivity index (χ4v) is 0.404. The van der Waals surface area contributed by atoms with Gasteiger partial charge >= 0.3 is 0 Å². The van der Waals surface area contributed by atoms with E-state index < -0.39 is 0 Å². The van der Waals surface area contributed by atoms with Crippen LogP contribution in [0.3, 0.4) is 0 Å². The first-order valence-corrected chi connectivity index (χ1v) is 2.82. The summed E-state index contributed by atoms with van der Waals surface area (Å²) < 4.78 is 0. The molecule has 8 heavy (non-hydrogen) atoms. The van der Waals surface area contributed by atoms with E-state index in [1.165, 1.54) is 6.42 Å². The van der Waals surface area contributed by atoms with Crippen molar-refractivity contribution in [1.29, 1.82) is 0 Å². The molecular formula is C5H14CuN2. The molecule has 0 saturated carbocycles. The van der Waals surface area contributed by atoms with Gasteiger partial charge in [0.15, 0.2) is 0 Å². The standard InChI is InChI=1S/C5H14N2.Cu/c1-2-4-7-5-3-6;/h7H,2-6H2,1H3;. The van der Waals surface area contributed by atoms with Crippen LogP contribution in [0.1, 0.15) is 13.3 Å². The summed E-state index contributed by atoms with van der Waals surface area (Å²) in [5, 5.41) is 3.16. The molecule has 0 saturated heterocycles. The van der Waals surface area contributed by atoms with Gasteiger partial charge in [0.2, 0.25) is 0 Å². The fraction of sp³-hybridized carbons (Fsp3) is 1.00. The van der Waals surface area contributed by atoms with Gasteiger partial charge in [-0.1, -0.05) is 6.92 Å². The minimum Gasteiger partial charge on any atom is -0.329 e. The number of hydrogen-bond donors (Lipinski definition) is 2. The summed E-state index contributed by atoms with van der Waals surface area (Å²) in [4.78, 5) is 0. The number of hydrogen-bond acceptors (Lipinski definition) is 2. The first-order valence-electron chi connectivity index (χ1n) is 2.82. The zero-order chi connectivity index (χ0) is 5.54. The van der Waals surface area contributed by atoms with Crippen molar-refractivity contribution >= 4 is 0 Å². The Kier molecular flexibility index (Phi) is 14.7. The van der Waals surface area contributed by atoms with Crippen LogP contribution in [-0.2, 0) is 17.1 Å². The Bertz CT molecular complexity index is 29.6. The van der Waals surface area contributed by atoms with Gasteiger partial charge < -0.3 is 11.1 Å². The number of rotatable bonds is 4. The molecule has 0 aromatic rings. The molecule has 0 aliphatic rings. The van der Waals surface area contributed by atoms with Gasteiger partial charge in [0.05, 0.1) is 0 Å². The molecule has 0 aliphatic carbocycles. The van der Waals surface area contributed by atoms with E-state index in [0.717, 1.165) is 19.6 Å². The van der Waals surface area contributed by atoms with Crippen molar-refractivity contribution < 1.29 is 17.1 Å². The topological polar surface area (TPSA) is 38.0 Å². The molecule has 3 heteroatoms. The van der Waals surface area contributed by atoms with Gasteiger partial charge in [0.1, 0.15) is 0 Å². The molecule has 1 radical (unpaired) electrons. The molecule has 0 atom stereocenters. The van der Waals surface area contributed by atoms with Crippen LogP contribution in [-0.4, -0.2) is 19.6 Å². The van der Waals surface area contributed by atoms with Crippen LogP contribution in [0.5, 0.6) is 0 Å². The quantitative estimate of drug-likeness (QED) is 0.453. The maximum absolute atomic E-state index is 5.21. The number of nitrogens with two attached hydrogens (primary N) is 1. The van der Waals surface area contributed by atoms with Crippen molar-refractivity contribution in [2.24, 2.45) is 5.73 Å². The van der Waals surface area contributed by atoms with Crippen molar-refractivity contribution in [3.05, 3.63) is 0 Å². The van der Waals surface area contributed by atoms with Crippen molar-refractivity contribution in [1.82, 2.24) is 5.32 Å². The summed E-state index contributed by atoms with van der Waals surface area (Å²) in [7, 11) is 0. The van der Waals surface area contributed by atoms with E-state index in [1.54, 1.807) is 0 Å². The average Bonchev–Trinajstić information content (AvgIpc) is 1.69. The molecule has 0 fully saturated rings. The maximum Gasteiger partial charge on any atom is 0.00744 e. The van der Waals surface area contributed by atoms with Crippen molar-refractivity contribution in [2.75, 3.05) is 19.6 Å². The second kappa shape index (κ2) is 10.4. The van der Waals surface area contributed by atoms with Crippen LogP contribution in [0, 0.1) is 0 Å². The Morgan fingerprint density at radius 3 is 2.38 bits per heavy atom. The molecule has 0 spiro atoms. The van der Waals surface area contributed by atoms with Gasteiger partial charge in [-0.2, -0.15) is 0 Å². The molecule has 0 rings (SSSR count). The van der Waals surface area contributed by atoms with Gasteiger partial charge in [-0.25, -0.2) is 0 Å². The summed E-state index contributed by atoms with van der Waals surface area (Å²) in [6.07, 6.45) is 1.19. The Morgan fingerprint density at radius 2 is 2.00 bits per heavy atom. The van der Waals surface area contributed by atoms with Gasteiger partial charge in [0, 0.05) is 30.2 Å². The van der Waals surface area contributed by atoms with E-state index in [-0.39, 0.29) is 17.1 Å². The minimum atomic E-state index is 0. The Labute approximate surface area is 61.7 Å². The molecule has 0 aromatic carbocycles. The predicted molar refractivity (Wildman–Crippen MR) is 32.2 cm³/mol. The number of nitrogens with one attached hydrogen (secondary N) is 1. The Balaban J connectivity index is 0. The van der Waals surface area contributed by atoms with Gasteiger partial charge in [-0.05, 0) is 13.0 Å². The van der Waals surface area contributed by atoms with Crippen molar-refractivity contribution in [3.63, 3.8) is 0 Å². The first-order chi connectivity index (χ1) is 3.41. The van der Waals surface area contributed by atoms with Crippen LogP contribution in [0.2, 0.25) is 0 Å². The molecule has 0 heterocycles. The predicted octanol–water partition coefficient (Wildman–Crippen LogP) is -0.0578. The molecule has 0 bridgehead atoms. The second-order valence-corrected chi connectivity index (χ2v) is 1.54. The zero-order valence-electron chi connectivity index (χ0n) is 5.21. The third kappa shape index (κ3) is 9.67. The fourth-order valence-electron chi connectivity index (χ4n) is 0.404. The first kappa shape index (κ1) is 11.3. The molecule has 0 amide bonds. The maximum atomic E-state index is 5.21. The Hall–Kier alpha value is 0.439. The molecule has 0 aromatic heterocycles. The summed E-state index contributed by atoms with van der Waals surface area (Å²) in [6.45, 7) is 4.94. The van der Waals surface area contributed by atoms with Crippen LogP contribution in [0.25, 0.3) is 0 Å². The Morgan fingerprint density at radius 1 is 1.38 bits per heavy atom. The van der Waals surface area contributed by atoms with E-state index in [4.69, 9.17) is 5.73 Å². The summed E-state index contributed by atoms with van der Waals surface area (Å²) in [5.41, 5.74) is 5.21. The summed E-state index contributed by atoms with van der Waals surface area (Å²) in [5.74, 6) is 0. The van der Waals surface area contributed by atoms with E-state index in [2.05, 4.69) is 12.2 Å². The summed E-state index contributed by atoms with van der Waals surface area (Å²) in [6, 6.07) is 0. The normalized spacial score (nSPS) is 8.25. The van der Waals surface area contributed by atoms with Crippen LogP contribution in [0.4, 0.5) is 0 Å². The SMILES string of the molecule is CCCNCCN.[Cu]. The van der Waals surface area contributed by atoms with E-state index in [1.807, 2.05) is 0 Å². The van der Waals surface area contributed by atoms with Crippen molar-refractivity contribution in [3.8, 4) is 0 Å². The zero-order valence-corrected chi connectivity index (χ0v) is 6.15. The van der Waals surface area contributed by atoms with Crippen LogP contribution in [0.15, 0.2) is 0 Å². The molecule has 2 nitrogen and oxygen atoms in total. The molecule has 0 unspecified atom stereocenters. The molecular weight excluding hydrogens is 152 g/mol. The van der Waals surface area contributed by atoms with Crippen LogP contribution < -0.4 is 11.1 Å². The third-order valence-corrected chi connectivity index (χ3v) is 0.748. The smallest absolute Gasteiger partial charge is 0.00744 e. The largest absolute Gasteiger partial charge is 0.329 e. The van der Waals surface area contributed by atoms with Gasteiger partial charge in [0.25, 0.3) is 0 Å².